The number of hydrogen-bond acceptors (Lipinski definition) is 6. The van der Waals surface area contributed by atoms with Crippen molar-refractivity contribution in [2.24, 2.45) is 0 Å². The molecule has 0 bridgehead atoms. The van der Waals surface area contributed by atoms with Gasteiger partial charge in [0.2, 0.25) is 0 Å². The predicted molar refractivity (Wildman–Crippen MR) is 140 cm³/mol. The summed E-state index contributed by atoms with van der Waals surface area (Å²) in [7, 11) is 0. The van der Waals surface area contributed by atoms with E-state index in [1.807, 2.05) is 29.6 Å². The molecule has 2 aromatic heterocycles. The summed E-state index contributed by atoms with van der Waals surface area (Å²) < 4.78 is 27.6. The van der Waals surface area contributed by atoms with Gasteiger partial charge in [-0.05, 0) is 53.1 Å². The van der Waals surface area contributed by atoms with Gasteiger partial charge < -0.3 is 15.7 Å². The van der Waals surface area contributed by atoms with Crippen LogP contribution in [-0.4, -0.2) is 34.7 Å². The van der Waals surface area contributed by atoms with Crippen LogP contribution in [0.5, 0.6) is 0 Å². The summed E-state index contributed by atoms with van der Waals surface area (Å²) in [5.41, 5.74) is 2.87. The van der Waals surface area contributed by atoms with Gasteiger partial charge in [-0.3, -0.25) is 4.79 Å². The first-order valence-corrected chi connectivity index (χ1v) is 13.4. The maximum atomic E-state index is 13.8. The minimum Gasteiger partial charge on any atom is -0.390 e. The Bertz CT molecular complexity index is 1270. The van der Waals surface area contributed by atoms with Crippen LogP contribution in [-0.2, 0) is 19.4 Å². The van der Waals surface area contributed by atoms with E-state index < -0.39 is 29.7 Å². The van der Waals surface area contributed by atoms with E-state index in [9.17, 15) is 18.7 Å². The Balaban J connectivity index is 1.45. The number of carbonyl (C=O) groups is 1. The number of aliphatic hydroxyl groups is 1. The number of thiazole rings is 1. The number of hydrogen-bond donors (Lipinski definition) is 3. The molecule has 0 saturated heterocycles. The molecule has 3 N–H and O–H groups in total. The minimum atomic E-state index is -1.01. The lowest BCUT2D eigenvalue weighted by molar-refractivity contribution is 0.0826. The molecule has 2 atom stereocenters. The Morgan fingerprint density at radius 1 is 1.03 bits per heavy atom. The van der Waals surface area contributed by atoms with Crippen molar-refractivity contribution in [2.45, 2.75) is 38.5 Å². The molecular weight excluding hydrogens is 500 g/mol. The van der Waals surface area contributed by atoms with Gasteiger partial charge in [0.1, 0.15) is 22.3 Å². The predicted octanol–water partition coefficient (Wildman–Crippen LogP) is 5.20. The zero-order valence-corrected chi connectivity index (χ0v) is 21.3. The molecule has 1 amide bonds. The summed E-state index contributed by atoms with van der Waals surface area (Å²) in [5, 5.41) is 21.3. The Labute approximate surface area is 216 Å². The number of nitrogens with one attached hydrogen (secondary N) is 2. The highest BCUT2D eigenvalue weighted by Gasteiger charge is 2.24. The molecule has 0 radical (unpaired) electrons. The number of thiophene rings is 1. The van der Waals surface area contributed by atoms with E-state index in [4.69, 9.17) is 0 Å². The molecule has 188 valence electrons. The van der Waals surface area contributed by atoms with Crippen molar-refractivity contribution in [3.8, 4) is 9.88 Å². The topological polar surface area (TPSA) is 74.2 Å². The second-order valence-corrected chi connectivity index (χ2v) is 10.3. The molecule has 2 unspecified atom stereocenters. The zero-order chi connectivity index (χ0) is 25.5. The van der Waals surface area contributed by atoms with Crippen molar-refractivity contribution < 1.29 is 18.7 Å². The fourth-order valence-electron chi connectivity index (χ4n) is 3.87. The summed E-state index contributed by atoms with van der Waals surface area (Å²) in [5.74, 6) is -1.87. The van der Waals surface area contributed by atoms with Gasteiger partial charge in [0.15, 0.2) is 0 Å². The standard InChI is InChI=1S/C27H27F2N3O2S2/c1-2-17-5-3-6-18(9-17)14-30-15-24(33)22(12-19-10-20(28)13-21(29)11-19)31-26(34)23-16-36-27(32-23)25-7-4-8-35-25/h3-11,13,16,22,24,30,33H,2,12,14-15H2,1H3,(H,31,34). The summed E-state index contributed by atoms with van der Waals surface area (Å²) >= 11 is 2.89. The molecule has 5 nitrogen and oxygen atoms in total. The van der Waals surface area contributed by atoms with Crippen LogP contribution in [0.2, 0.25) is 0 Å². The molecule has 0 aliphatic carbocycles. The maximum absolute atomic E-state index is 13.8. The van der Waals surface area contributed by atoms with Gasteiger partial charge in [-0.2, -0.15) is 0 Å². The molecule has 0 saturated carbocycles. The third-order valence-electron chi connectivity index (χ3n) is 5.71. The maximum Gasteiger partial charge on any atom is 0.271 e. The summed E-state index contributed by atoms with van der Waals surface area (Å²) in [4.78, 5) is 18.4. The molecule has 2 heterocycles. The van der Waals surface area contributed by atoms with E-state index in [-0.39, 0.29) is 18.7 Å². The second kappa shape index (κ2) is 12.3. The zero-order valence-electron chi connectivity index (χ0n) is 19.7. The van der Waals surface area contributed by atoms with E-state index in [1.165, 1.54) is 40.4 Å². The quantitative estimate of drug-likeness (QED) is 0.251. The first-order valence-electron chi connectivity index (χ1n) is 11.6. The molecule has 4 rings (SSSR count). The van der Waals surface area contributed by atoms with Gasteiger partial charge in [0.25, 0.3) is 5.91 Å². The third-order valence-corrected chi connectivity index (χ3v) is 7.59. The number of carbonyl (C=O) groups excluding carboxylic acids is 1. The number of aromatic nitrogens is 1. The number of amides is 1. The number of rotatable bonds is 11. The molecule has 0 aliphatic heterocycles. The fourth-order valence-corrected chi connectivity index (χ4v) is 5.48. The number of benzene rings is 2. The van der Waals surface area contributed by atoms with Crippen molar-refractivity contribution in [3.63, 3.8) is 0 Å². The van der Waals surface area contributed by atoms with Crippen molar-refractivity contribution >= 4 is 28.6 Å². The average Bonchev–Trinajstić information content (AvgIpc) is 3.55. The van der Waals surface area contributed by atoms with E-state index in [0.29, 0.717) is 12.1 Å². The Morgan fingerprint density at radius 3 is 2.53 bits per heavy atom. The van der Waals surface area contributed by atoms with Crippen LogP contribution >= 0.6 is 22.7 Å². The van der Waals surface area contributed by atoms with Gasteiger partial charge in [0.05, 0.1) is 17.0 Å². The van der Waals surface area contributed by atoms with Gasteiger partial charge in [-0.1, -0.05) is 37.3 Å². The van der Waals surface area contributed by atoms with Crippen molar-refractivity contribution in [1.29, 1.82) is 0 Å². The van der Waals surface area contributed by atoms with E-state index in [2.05, 4.69) is 34.7 Å². The Kier molecular flexibility index (Phi) is 8.93. The van der Waals surface area contributed by atoms with Crippen molar-refractivity contribution in [1.82, 2.24) is 15.6 Å². The molecule has 0 spiro atoms. The minimum absolute atomic E-state index is 0.0521. The fraction of sp³-hybridized carbons (Fsp3) is 0.259. The van der Waals surface area contributed by atoms with Gasteiger partial charge in [0, 0.05) is 24.5 Å². The summed E-state index contributed by atoms with van der Waals surface area (Å²) in [6, 6.07) is 14.4. The number of halogens is 2. The van der Waals surface area contributed by atoms with Crippen molar-refractivity contribution in [2.75, 3.05) is 6.54 Å². The average molecular weight is 528 g/mol. The van der Waals surface area contributed by atoms with Gasteiger partial charge >= 0.3 is 0 Å². The lowest BCUT2D eigenvalue weighted by atomic mass is 10.00. The van der Waals surface area contributed by atoms with E-state index in [1.54, 1.807) is 5.38 Å². The van der Waals surface area contributed by atoms with Crippen LogP contribution < -0.4 is 10.6 Å². The third kappa shape index (κ3) is 7.04. The van der Waals surface area contributed by atoms with Crippen LogP contribution in [0.1, 0.15) is 34.1 Å². The van der Waals surface area contributed by atoms with Gasteiger partial charge in [-0.15, -0.1) is 22.7 Å². The SMILES string of the molecule is CCc1cccc(CNCC(O)C(Cc2cc(F)cc(F)c2)NC(=O)c2csc(-c3cccs3)n2)c1. The molecular formula is C27H27F2N3O2S2. The highest BCUT2D eigenvalue weighted by molar-refractivity contribution is 7.20. The first-order chi connectivity index (χ1) is 17.4. The number of nitrogens with zero attached hydrogens (tertiary/aromatic N) is 1. The number of aliphatic hydroxyl groups excluding tert-OH is 1. The Hall–Kier alpha value is -2.98. The monoisotopic (exact) mass is 527 g/mol. The Morgan fingerprint density at radius 2 is 1.81 bits per heavy atom. The van der Waals surface area contributed by atoms with Crippen LogP contribution in [0.3, 0.4) is 0 Å². The number of aryl methyl sites for hydroxylation is 1. The van der Waals surface area contributed by atoms with E-state index >= 15 is 0 Å². The lowest BCUT2D eigenvalue weighted by Gasteiger charge is -2.24. The molecule has 0 fully saturated rings. The smallest absolute Gasteiger partial charge is 0.271 e. The highest BCUT2D eigenvalue weighted by Crippen LogP contribution is 2.27. The molecule has 9 heteroatoms. The molecule has 4 aromatic rings. The van der Waals surface area contributed by atoms with Gasteiger partial charge in [-0.25, -0.2) is 13.8 Å². The highest BCUT2D eigenvalue weighted by atomic mass is 32.1. The molecule has 0 aliphatic rings. The molecule has 36 heavy (non-hydrogen) atoms. The molecule has 2 aromatic carbocycles. The normalized spacial score (nSPS) is 12.9. The van der Waals surface area contributed by atoms with Crippen LogP contribution in [0, 0.1) is 11.6 Å². The lowest BCUT2D eigenvalue weighted by Crippen LogP contribution is -2.48. The summed E-state index contributed by atoms with van der Waals surface area (Å²) in [6.45, 7) is 2.80. The van der Waals surface area contributed by atoms with E-state index in [0.717, 1.165) is 27.9 Å². The van der Waals surface area contributed by atoms with Crippen LogP contribution in [0.4, 0.5) is 8.78 Å². The second-order valence-electron chi connectivity index (χ2n) is 8.45. The van der Waals surface area contributed by atoms with Crippen LogP contribution in [0.15, 0.2) is 65.4 Å². The largest absolute Gasteiger partial charge is 0.390 e. The van der Waals surface area contributed by atoms with Crippen LogP contribution in [0.25, 0.3) is 9.88 Å². The first kappa shape index (κ1) is 26.1. The summed E-state index contributed by atoms with van der Waals surface area (Å²) in [6.07, 6.45) is -0.0270. The van der Waals surface area contributed by atoms with Crippen molar-refractivity contribution in [3.05, 3.63) is 99.4 Å².